The van der Waals surface area contributed by atoms with Crippen LogP contribution in [0, 0.1) is 0 Å². The normalized spacial score (nSPS) is 10.9. The van der Waals surface area contributed by atoms with Crippen molar-refractivity contribution in [2.75, 3.05) is 0 Å². The van der Waals surface area contributed by atoms with Gasteiger partial charge in [-0.1, -0.05) is 29.8 Å². The Balaban J connectivity index is 2.26. The van der Waals surface area contributed by atoms with Gasteiger partial charge in [0.25, 0.3) is 0 Å². The van der Waals surface area contributed by atoms with Gasteiger partial charge in [-0.15, -0.1) is 11.3 Å². The second kappa shape index (κ2) is 4.02. The molecule has 0 saturated heterocycles. The Morgan fingerprint density at radius 1 is 1.06 bits per heavy atom. The van der Waals surface area contributed by atoms with Gasteiger partial charge in [0.1, 0.15) is 10.8 Å². The number of rotatable bonds is 1. The largest absolute Gasteiger partial charge is 0.507 e. The summed E-state index contributed by atoms with van der Waals surface area (Å²) in [4.78, 5) is 4.48. The first-order valence-corrected chi connectivity index (χ1v) is 6.28. The van der Waals surface area contributed by atoms with Gasteiger partial charge in [-0.05, 0) is 24.3 Å². The van der Waals surface area contributed by atoms with Crippen molar-refractivity contribution in [2.24, 2.45) is 0 Å². The highest BCUT2D eigenvalue weighted by Crippen LogP contribution is 2.37. The van der Waals surface area contributed by atoms with E-state index in [2.05, 4.69) is 4.98 Å². The number of benzene rings is 2. The number of phenols is 1. The molecule has 17 heavy (non-hydrogen) atoms. The van der Waals surface area contributed by atoms with Gasteiger partial charge in [0, 0.05) is 0 Å². The Bertz CT molecular complexity index is 693. The van der Waals surface area contributed by atoms with Crippen LogP contribution in [0.2, 0.25) is 5.02 Å². The van der Waals surface area contributed by atoms with Gasteiger partial charge in [-0.3, -0.25) is 0 Å². The molecule has 1 aromatic heterocycles. The molecule has 0 aliphatic rings. The van der Waals surface area contributed by atoms with Crippen molar-refractivity contribution in [1.82, 2.24) is 4.98 Å². The van der Waals surface area contributed by atoms with Crippen molar-refractivity contribution in [3.63, 3.8) is 0 Å². The standard InChI is InChI=1S/C13H8ClNOS/c14-9-5-3-6-10-12(9)17-13(15-10)8-4-1-2-7-11(8)16/h1-7,16H. The van der Waals surface area contributed by atoms with Crippen molar-refractivity contribution < 1.29 is 5.11 Å². The highest BCUT2D eigenvalue weighted by Gasteiger charge is 2.11. The average molecular weight is 262 g/mol. The number of halogens is 1. The third kappa shape index (κ3) is 1.77. The van der Waals surface area contributed by atoms with E-state index in [0.29, 0.717) is 5.02 Å². The minimum Gasteiger partial charge on any atom is -0.507 e. The Morgan fingerprint density at radius 3 is 2.65 bits per heavy atom. The molecule has 0 aliphatic carbocycles. The fourth-order valence-electron chi connectivity index (χ4n) is 1.69. The maximum absolute atomic E-state index is 9.79. The molecular formula is C13H8ClNOS. The number of para-hydroxylation sites is 1. The van der Waals surface area contributed by atoms with Crippen LogP contribution in [0.15, 0.2) is 42.5 Å². The molecule has 0 spiro atoms. The maximum atomic E-state index is 9.79. The second-order valence-corrected chi connectivity index (χ2v) is 5.03. The molecule has 1 N–H and O–H groups in total. The van der Waals surface area contributed by atoms with E-state index >= 15 is 0 Å². The van der Waals surface area contributed by atoms with E-state index in [0.717, 1.165) is 20.8 Å². The first-order valence-electron chi connectivity index (χ1n) is 5.09. The van der Waals surface area contributed by atoms with E-state index in [1.54, 1.807) is 12.1 Å². The summed E-state index contributed by atoms with van der Waals surface area (Å²) >= 11 is 7.59. The Morgan fingerprint density at radius 2 is 1.88 bits per heavy atom. The zero-order valence-electron chi connectivity index (χ0n) is 8.72. The minimum atomic E-state index is 0.239. The molecule has 0 radical (unpaired) electrons. The molecule has 0 saturated carbocycles. The van der Waals surface area contributed by atoms with Crippen molar-refractivity contribution in [3.8, 4) is 16.3 Å². The van der Waals surface area contributed by atoms with Crippen LogP contribution in [-0.2, 0) is 0 Å². The van der Waals surface area contributed by atoms with Gasteiger partial charge < -0.3 is 5.11 Å². The summed E-state index contributed by atoms with van der Waals surface area (Å²) in [7, 11) is 0. The maximum Gasteiger partial charge on any atom is 0.128 e. The smallest absolute Gasteiger partial charge is 0.128 e. The number of hydrogen-bond acceptors (Lipinski definition) is 3. The number of aromatic hydroxyl groups is 1. The Kier molecular flexibility index (Phi) is 2.50. The summed E-state index contributed by atoms with van der Waals surface area (Å²) in [5.74, 6) is 0.239. The predicted molar refractivity (Wildman–Crippen MR) is 71.7 cm³/mol. The molecule has 0 unspecified atom stereocenters. The molecule has 2 aromatic carbocycles. The van der Waals surface area contributed by atoms with Crippen molar-refractivity contribution in [3.05, 3.63) is 47.5 Å². The molecular weight excluding hydrogens is 254 g/mol. The van der Waals surface area contributed by atoms with E-state index < -0.39 is 0 Å². The van der Waals surface area contributed by atoms with E-state index in [1.807, 2.05) is 30.3 Å². The third-order valence-corrected chi connectivity index (χ3v) is 4.07. The fraction of sp³-hybridized carbons (Fsp3) is 0. The van der Waals surface area contributed by atoms with E-state index in [9.17, 15) is 5.11 Å². The predicted octanol–water partition coefficient (Wildman–Crippen LogP) is 4.32. The van der Waals surface area contributed by atoms with Gasteiger partial charge in [0.2, 0.25) is 0 Å². The van der Waals surface area contributed by atoms with Crippen LogP contribution < -0.4 is 0 Å². The lowest BCUT2D eigenvalue weighted by molar-refractivity contribution is 0.477. The topological polar surface area (TPSA) is 33.1 Å². The zero-order valence-corrected chi connectivity index (χ0v) is 10.3. The SMILES string of the molecule is Oc1ccccc1-c1nc2cccc(Cl)c2s1. The van der Waals surface area contributed by atoms with Gasteiger partial charge >= 0.3 is 0 Å². The van der Waals surface area contributed by atoms with E-state index in [4.69, 9.17) is 11.6 Å². The molecule has 0 fully saturated rings. The van der Waals surface area contributed by atoms with E-state index in [-0.39, 0.29) is 5.75 Å². The summed E-state index contributed by atoms with van der Waals surface area (Å²) < 4.78 is 0.951. The molecule has 0 amide bonds. The lowest BCUT2D eigenvalue weighted by Crippen LogP contribution is -1.76. The number of nitrogens with zero attached hydrogens (tertiary/aromatic N) is 1. The fourth-order valence-corrected chi connectivity index (χ4v) is 2.97. The van der Waals surface area contributed by atoms with Crippen LogP contribution >= 0.6 is 22.9 Å². The van der Waals surface area contributed by atoms with Crippen LogP contribution in [0.5, 0.6) is 5.75 Å². The second-order valence-electron chi connectivity index (χ2n) is 3.62. The number of hydrogen-bond donors (Lipinski definition) is 1. The lowest BCUT2D eigenvalue weighted by Gasteiger charge is -1.98. The van der Waals surface area contributed by atoms with Crippen LogP contribution in [0.25, 0.3) is 20.8 Å². The molecule has 4 heteroatoms. The van der Waals surface area contributed by atoms with Gasteiger partial charge in [-0.25, -0.2) is 4.98 Å². The third-order valence-electron chi connectivity index (χ3n) is 2.50. The molecule has 3 rings (SSSR count). The molecule has 0 atom stereocenters. The summed E-state index contributed by atoms with van der Waals surface area (Å²) in [5, 5.41) is 11.3. The van der Waals surface area contributed by atoms with Crippen LogP contribution in [-0.4, -0.2) is 10.1 Å². The van der Waals surface area contributed by atoms with Gasteiger partial charge in [0.15, 0.2) is 0 Å². The summed E-state index contributed by atoms with van der Waals surface area (Å²) in [5.41, 5.74) is 1.60. The van der Waals surface area contributed by atoms with Crippen molar-refractivity contribution in [2.45, 2.75) is 0 Å². The number of phenolic OH excluding ortho intramolecular Hbond substituents is 1. The highest BCUT2D eigenvalue weighted by molar-refractivity contribution is 7.22. The monoisotopic (exact) mass is 261 g/mol. The summed E-state index contributed by atoms with van der Waals surface area (Å²) in [6, 6.07) is 12.8. The quantitative estimate of drug-likeness (QED) is 0.708. The van der Waals surface area contributed by atoms with Crippen LogP contribution in [0.4, 0.5) is 0 Å². The summed E-state index contributed by atoms with van der Waals surface area (Å²) in [6.07, 6.45) is 0. The molecule has 0 bridgehead atoms. The van der Waals surface area contributed by atoms with Crippen LogP contribution in [0.3, 0.4) is 0 Å². The Hall–Kier alpha value is -1.58. The molecule has 2 nitrogen and oxygen atoms in total. The first-order chi connectivity index (χ1) is 8.25. The zero-order chi connectivity index (χ0) is 11.8. The van der Waals surface area contributed by atoms with E-state index in [1.165, 1.54) is 11.3 Å². The number of fused-ring (bicyclic) bond motifs is 1. The first kappa shape index (κ1) is 10.6. The van der Waals surface area contributed by atoms with Gasteiger partial charge in [-0.2, -0.15) is 0 Å². The molecule has 1 heterocycles. The minimum absolute atomic E-state index is 0.239. The molecule has 0 aliphatic heterocycles. The lowest BCUT2D eigenvalue weighted by atomic mass is 10.2. The molecule has 3 aromatic rings. The van der Waals surface area contributed by atoms with Crippen molar-refractivity contribution in [1.29, 1.82) is 0 Å². The van der Waals surface area contributed by atoms with Crippen molar-refractivity contribution >= 4 is 33.2 Å². The number of thiazole rings is 1. The molecule has 84 valence electrons. The Labute approximate surface area is 107 Å². The highest BCUT2D eigenvalue weighted by atomic mass is 35.5. The average Bonchev–Trinajstić information content (AvgIpc) is 2.75. The summed E-state index contributed by atoms with van der Waals surface area (Å²) in [6.45, 7) is 0. The van der Waals surface area contributed by atoms with Crippen LogP contribution in [0.1, 0.15) is 0 Å². The number of aromatic nitrogens is 1. The van der Waals surface area contributed by atoms with Gasteiger partial charge in [0.05, 0.1) is 20.8 Å².